The Morgan fingerprint density at radius 3 is 2.19 bits per heavy atom. The Morgan fingerprint density at radius 2 is 1.47 bits per heavy atom. The number of anilines is 2. The highest BCUT2D eigenvalue weighted by molar-refractivity contribution is 8.00. The van der Waals surface area contributed by atoms with Crippen molar-refractivity contribution in [2.75, 3.05) is 23.5 Å². The molecule has 0 aromatic heterocycles. The smallest absolute Gasteiger partial charge is 0.255 e. The molecule has 0 bridgehead atoms. The molecule has 0 aliphatic rings. The van der Waals surface area contributed by atoms with Gasteiger partial charge in [-0.25, -0.2) is 0 Å². The second-order valence-corrected chi connectivity index (χ2v) is 8.15. The van der Waals surface area contributed by atoms with Crippen LogP contribution in [0.1, 0.15) is 10.4 Å². The van der Waals surface area contributed by atoms with E-state index >= 15 is 0 Å². The van der Waals surface area contributed by atoms with Crippen molar-refractivity contribution >= 4 is 45.7 Å². The van der Waals surface area contributed by atoms with Gasteiger partial charge in [0.2, 0.25) is 5.91 Å². The number of amides is 2. The van der Waals surface area contributed by atoms with E-state index in [0.717, 1.165) is 21.4 Å². The number of nitrogens with one attached hydrogen (secondary N) is 2. The summed E-state index contributed by atoms with van der Waals surface area (Å²) < 4.78 is 5.11. The summed E-state index contributed by atoms with van der Waals surface area (Å²) in [6.07, 6.45) is 0. The molecule has 0 fully saturated rings. The maximum absolute atomic E-state index is 12.4. The summed E-state index contributed by atoms with van der Waals surface area (Å²) in [5, 5.41) is 8.04. The van der Waals surface area contributed by atoms with E-state index in [1.54, 1.807) is 31.4 Å². The van der Waals surface area contributed by atoms with Gasteiger partial charge in [-0.1, -0.05) is 30.3 Å². The van der Waals surface area contributed by atoms with E-state index in [9.17, 15) is 9.59 Å². The van der Waals surface area contributed by atoms with Crippen molar-refractivity contribution in [3.63, 3.8) is 0 Å². The Hall–Kier alpha value is -3.77. The molecular formula is C26H22N2O3S. The number of rotatable bonds is 7. The number of hydrogen-bond acceptors (Lipinski definition) is 4. The first-order valence-electron chi connectivity index (χ1n) is 10.1. The lowest BCUT2D eigenvalue weighted by atomic mass is 10.1. The molecule has 0 unspecified atom stereocenters. The van der Waals surface area contributed by atoms with E-state index in [1.165, 1.54) is 11.8 Å². The molecule has 6 heteroatoms. The lowest BCUT2D eigenvalue weighted by molar-refractivity contribution is -0.113. The molecule has 0 aliphatic heterocycles. The van der Waals surface area contributed by atoms with E-state index in [0.29, 0.717) is 22.8 Å². The largest absolute Gasteiger partial charge is 0.497 e. The predicted octanol–water partition coefficient (Wildman–Crippen LogP) is 5.83. The van der Waals surface area contributed by atoms with Crippen LogP contribution < -0.4 is 15.4 Å². The van der Waals surface area contributed by atoms with Gasteiger partial charge in [-0.05, 0) is 71.4 Å². The Bertz CT molecular complexity index is 1240. The number of benzene rings is 4. The Kier molecular flexibility index (Phi) is 6.72. The van der Waals surface area contributed by atoms with Gasteiger partial charge in [0, 0.05) is 21.8 Å². The SMILES string of the molecule is COc1ccc(C(=O)Nc2ccc(SCC(=O)Nc3ccc4ccccc4c3)cc2)cc1. The molecule has 32 heavy (non-hydrogen) atoms. The molecule has 4 rings (SSSR count). The highest BCUT2D eigenvalue weighted by Gasteiger charge is 2.08. The zero-order valence-electron chi connectivity index (χ0n) is 17.5. The van der Waals surface area contributed by atoms with Crippen molar-refractivity contribution in [2.24, 2.45) is 0 Å². The van der Waals surface area contributed by atoms with Crippen LogP contribution in [0.5, 0.6) is 5.75 Å². The van der Waals surface area contributed by atoms with Crippen LogP contribution in [0.2, 0.25) is 0 Å². The van der Waals surface area contributed by atoms with Crippen molar-refractivity contribution in [3.05, 3.63) is 96.6 Å². The first-order chi connectivity index (χ1) is 15.6. The third-order valence-corrected chi connectivity index (χ3v) is 5.88. The van der Waals surface area contributed by atoms with Crippen LogP contribution in [-0.4, -0.2) is 24.7 Å². The number of ether oxygens (including phenoxy) is 1. The third-order valence-electron chi connectivity index (χ3n) is 4.87. The standard InChI is InChI=1S/C26H22N2O3S/c1-31-23-12-7-19(8-13-23)26(30)28-21-10-14-24(15-11-21)32-17-25(29)27-22-9-6-18-4-2-3-5-20(18)16-22/h2-16H,17H2,1H3,(H,27,29)(H,28,30). The summed E-state index contributed by atoms with van der Waals surface area (Å²) >= 11 is 1.44. The van der Waals surface area contributed by atoms with Crippen molar-refractivity contribution in [1.82, 2.24) is 0 Å². The van der Waals surface area contributed by atoms with E-state index in [2.05, 4.69) is 10.6 Å². The van der Waals surface area contributed by atoms with Gasteiger partial charge in [-0.2, -0.15) is 0 Å². The van der Waals surface area contributed by atoms with Crippen LogP contribution in [0.3, 0.4) is 0 Å². The summed E-state index contributed by atoms with van der Waals surface area (Å²) in [7, 11) is 1.59. The van der Waals surface area contributed by atoms with Gasteiger partial charge >= 0.3 is 0 Å². The molecule has 0 atom stereocenters. The normalized spacial score (nSPS) is 10.5. The number of carbonyl (C=O) groups is 2. The van der Waals surface area contributed by atoms with Crippen molar-refractivity contribution in [1.29, 1.82) is 0 Å². The van der Waals surface area contributed by atoms with E-state index in [4.69, 9.17) is 4.74 Å². The molecule has 0 spiro atoms. The molecule has 2 amide bonds. The van der Waals surface area contributed by atoms with E-state index in [1.807, 2.05) is 66.7 Å². The highest BCUT2D eigenvalue weighted by Crippen LogP contribution is 2.23. The highest BCUT2D eigenvalue weighted by atomic mass is 32.2. The van der Waals surface area contributed by atoms with Crippen molar-refractivity contribution in [2.45, 2.75) is 4.90 Å². The van der Waals surface area contributed by atoms with Gasteiger partial charge in [0.15, 0.2) is 0 Å². The molecule has 2 N–H and O–H groups in total. The fourth-order valence-corrected chi connectivity index (χ4v) is 3.89. The van der Waals surface area contributed by atoms with Crippen molar-refractivity contribution < 1.29 is 14.3 Å². The Labute approximate surface area is 190 Å². The molecule has 0 radical (unpaired) electrons. The van der Waals surface area contributed by atoms with Crippen LogP contribution >= 0.6 is 11.8 Å². The minimum atomic E-state index is -0.192. The number of thioether (sulfide) groups is 1. The third kappa shape index (κ3) is 5.47. The zero-order chi connectivity index (χ0) is 22.3. The van der Waals surface area contributed by atoms with Gasteiger partial charge in [-0.3, -0.25) is 9.59 Å². The molecule has 160 valence electrons. The molecule has 0 heterocycles. The van der Waals surface area contributed by atoms with Crippen LogP contribution in [0, 0.1) is 0 Å². The second-order valence-electron chi connectivity index (χ2n) is 7.11. The lowest BCUT2D eigenvalue weighted by Gasteiger charge is -2.08. The minimum absolute atomic E-state index is 0.0674. The van der Waals surface area contributed by atoms with Crippen LogP contribution in [-0.2, 0) is 4.79 Å². The molecule has 4 aromatic carbocycles. The van der Waals surface area contributed by atoms with Crippen LogP contribution in [0.25, 0.3) is 10.8 Å². The fourth-order valence-electron chi connectivity index (χ4n) is 3.19. The molecule has 4 aromatic rings. The number of hydrogen-bond donors (Lipinski definition) is 2. The second kappa shape index (κ2) is 10.0. The van der Waals surface area contributed by atoms with Crippen LogP contribution in [0.15, 0.2) is 95.9 Å². The Morgan fingerprint density at radius 1 is 0.781 bits per heavy atom. The number of fused-ring (bicyclic) bond motifs is 1. The average Bonchev–Trinajstić information content (AvgIpc) is 2.83. The topological polar surface area (TPSA) is 67.4 Å². The minimum Gasteiger partial charge on any atom is -0.497 e. The summed E-state index contributed by atoms with van der Waals surface area (Å²) in [5.41, 5.74) is 2.02. The monoisotopic (exact) mass is 442 g/mol. The number of methoxy groups -OCH3 is 1. The Balaban J connectivity index is 1.29. The maximum Gasteiger partial charge on any atom is 0.255 e. The van der Waals surface area contributed by atoms with Gasteiger partial charge in [0.05, 0.1) is 12.9 Å². The molecule has 0 aliphatic carbocycles. The van der Waals surface area contributed by atoms with E-state index < -0.39 is 0 Å². The molecule has 0 saturated heterocycles. The first-order valence-corrected chi connectivity index (χ1v) is 11.1. The quantitative estimate of drug-likeness (QED) is 0.353. The lowest BCUT2D eigenvalue weighted by Crippen LogP contribution is -2.14. The molecule has 0 saturated carbocycles. The van der Waals surface area contributed by atoms with Gasteiger partial charge in [0.1, 0.15) is 5.75 Å². The number of carbonyl (C=O) groups excluding carboxylic acids is 2. The van der Waals surface area contributed by atoms with Gasteiger partial charge in [0.25, 0.3) is 5.91 Å². The van der Waals surface area contributed by atoms with Gasteiger partial charge < -0.3 is 15.4 Å². The zero-order valence-corrected chi connectivity index (χ0v) is 18.3. The van der Waals surface area contributed by atoms with Gasteiger partial charge in [-0.15, -0.1) is 11.8 Å². The summed E-state index contributed by atoms with van der Waals surface area (Å²) in [4.78, 5) is 25.6. The predicted molar refractivity (Wildman–Crippen MR) is 131 cm³/mol. The molecule has 5 nitrogen and oxygen atoms in total. The van der Waals surface area contributed by atoms with E-state index in [-0.39, 0.29) is 11.8 Å². The fraction of sp³-hybridized carbons (Fsp3) is 0.0769. The maximum atomic E-state index is 12.4. The summed E-state index contributed by atoms with van der Waals surface area (Å²) in [5.74, 6) is 0.738. The average molecular weight is 443 g/mol. The summed E-state index contributed by atoms with van der Waals surface area (Å²) in [6.45, 7) is 0. The molecular weight excluding hydrogens is 420 g/mol. The van der Waals surface area contributed by atoms with Crippen LogP contribution in [0.4, 0.5) is 11.4 Å². The summed E-state index contributed by atoms with van der Waals surface area (Å²) in [6, 6.07) is 28.3. The first kappa shape index (κ1) is 21.5. The van der Waals surface area contributed by atoms with Crippen molar-refractivity contribution in [3.8, 4) is 5.75 Å².